The quantitative estimate of drug-likeness (QED) is 0.237. The number of piperidine rings is 1. The Bertz CT molecular complexity index is 1490. The summed E-state index contributed by atoms with van der Waals surface area (Å²) in [6.07, 6.45) is 6.48. The molecule has 2 aromatic carbocycles. The predicted octanol–water partition coefficient (Wildman–Crippen LogP) is 6.85. The van der Waals surface area contributed by atoms with E-state index in [1.807, 2.05) is 10.9 Å². The van der Waals surface area contributed by atoms with E-state index in [4.69, 9.17) is 27.9 Å². The molecule has 0 saturated carbocycles. The van der Waals surface area contributed by atoms with Crippen LogP contribution in [0.25, 0.3) is 11.1 Å². The molecular weight excluding hydrogens is 547 g/mol. The number of amides is 1. The van der Waals surface area contributed by atoms with E-state index in [-0.39, 0.29) is 32.7 Å². The Morgan fingerprint density at radius 2 is 1.85 bits per heavy atom. The number of anilines is 1. The van der Waals surface area contributed by atoms with Gasteiger partial charge in [0, 0.05) is 39.7 Å². The van der Waals surface area contributed by atoms with Gasteiger partial charge < -0.3 is 15.4 Å². The van der Waals surface area contributed by atoms with Crippen molar-refractivity contribution in [2.45, 2.75) is 31.9 Å². The molecule has 1 atom stereocenters. The van der Waals surface area contributed by atoms with Gasteiger partial charge in [0.05, 0.1) is 17.3 Å². The minimum absolute atomic E-state index is 0.120. The van der Waals surface area contributed by atoms with Crippen molar-refractivity contribution in [3.63, 3.8) is 0 Å². The number of ether oxygens (including phenoxy) is 1. The average Bonchev–Trinajstić information content (AvgIpc) is 3.43. The van der Waals surface area contributed by atoms with Crippen molar-refractivity contribution in [2.24, 2.45) is 0 Å². The van der Waals surface area contributed by atoms with Crippen molar-refractivity contribution in [1.82, 2.24) is 20.1 Å². The number of pyridine rings is 1. The van der Waals surface area contributed by atoms with Crippen LogP contribution in [0.1, 0.15) is 47.8 Å². The number of nitrogens with zero attached hydrogens (tertiary/aromatic N) is 3. The molecule has 202 valence electrons. The highest BCUT2D eigenvalue weighted by Crippen LogP contribution is 2.38. The van der Waals surface area contributed by atoms with Gasteiger partial charge in [-0.15, -0.1) is 0 Å². The van der Waals surface area contributed by atoms with Crippen molar-refractivity contribution >= 4 is 34.9 Å². The lowest BCUT2D eigenvalue weighted by Gasteiger charge is -2.22. The maximum atomic E-state index is 14.2. The summed E-state index contributed by atoms with van der Waals surface area (Å²) in [7, 11) is 0. The van der Waals surface area contributed by atoms with Gasteiger partial charge in [-0.2, -0.15) is 5.10 Å². The van der Waals surface area contributed by atoms with Gasteiger partial charge in [0.1, 0.15) is 17.7 Å². The summed E-state index contributed by atoms with van der Waals surface area (Å²) in [5.74, 6) is -1.27. The summed E-state index contributed by atoms with van der Waals surface area (Å²) >= 11 is 12.5. The van der Waals surface area contributed by atoms with E-state index < -0.39 is 23.6 Å². The van der Waals surface area contributed by atoms with Crippen LogP contribution in [0.2, 0.25) is 10.0 Å². The van der Waals surface area contributed by atoms with Gasteiger partial charge in [0.2, 0.25) is 0 Å². The molecule has 3 heterocycles. The Kier molecular flexibility index (Phi) is 8.11. The maximum absolute atomic E-state index is 14.2. The summed E-state index contributed by atoms with van der Waals surface area (Å²) in [6.45, 7) is 3.54. The van der Waals surface area contributed by atoms with E-state index in [9.17, 15) is 13.6 Å². The summed E-state index contributed by atoms with van der Waals surface area (Å²) in [4.78, 5) is 17.3. The van der Waals surface area contributed by atoms with Gasteiger partial charge in [-0.3, -0.25) is 9.48 Å². The summed E-state index contributed by atoms with van der Waals surface area (Å²) in [6, 6.07) is 9.71. The molecule has 1 amide bonds. The SMILES string of the molecule is CC(Oc1cc(-c2cnn(C3CCNCC3)c2)cnc1NC(=O)c1ccc(F)cc1)c1c(Cl)ccc(F)c1Cl. The van der Waals surface area contributed by atoms with Gasteiger partial charge in [-0.05, 0) is 75.3 Å². The largest absolute Gasteiger partial charge is 0.482 e. The fourth-order valence-electron chi connectivity index (χ4n) is 4.49. The number of halogens is 4. The number of hydrogen-bond acceptors (Lipinski definition) is 5. The third-order valence-electron chi connectivity index (χ3n) is 6.60. The molecule has 1 unspecified atom stereocenters. The molecule has 0 aliphatic carbocycles. The van der Waals surface area contributed by atoms with E-state index >= 15 is 0 Å². The van der Waals surface area contributed by atoms with Gasteiger partial charge in [0.15, 0.2) is 11.6 Å². The average molecular weight is 572 g/mol. The molecule has 0 spiro atoms. The third kappa shape index (κ3) is 6.06. The highest BCUT2D eigenvalue weighted by molar-refractivity contribution is 6.36. The van der Waals surface area contributed by atoms with Crippen LogP contribution >= 0.6 is 23.2 Å². The molecular formula is C28H25Cl2F2N5O2. The van der Waals surface area contributed by atoms with Crippen LogP contribution in [0.5, 0.6) is 5.75 Å². The first-order valence-corrected chi connectivity index (χ1v) is 13.2. The van der Waals surface area contributed by atoms with Crippen molar-refractivity contribution in [1.29, 1.82) is 0 Å². The van der Waals surface area contributed by atoms with Crippen LogP contribution in [0, 0.1) is 11.6 Å². The monoisotopic (exact) mass is 571 g/mol. The summed E-state index contributed by atoms with van der Waals surface area (Å²) in [5.41, 5.74) is 2.02. The fourth-order valence-corrected chi connectivity index (χ4v) is 5.17. The first-order valence-electron chi connectivity index (χ1n) is 12.4. The topological polar surface area (TPSA) is 81.1 Å². The lowest BCUT2D eigenvalue weighted by atomic mass is 10.1. The van der Waals surface area contributed by atoms with E-state index in [0.29, 0.717) is 11.6 Å². The molecule has 2 N–H and O–H groups in total. The number of benzene rings is 2. The first kappa shape index (κ1) is 27.1. The van der Waals surface area contributed by atoms with Crippen LogP contribution in [0.4, 0.5) is 14.6 Å². The first-order chi connectivity index (χ1) is 18.8. The van der Waals surface area contributed by atoms with Crippen LogP contribution in [-0.4, -0.2) is 33.8 Å². The second kappa shape index (κ2) is 11.7. The second-order valence-corrected chi connectivity index (χ2v) is 10.0. The molecule has 1 aliphatic heterocycles. The molecule has 1 aliphatic rings. The highest BCUT2D eigenvalue weighted by atomic mass is 35.5. The number of carbonyl (C=O) groups is 1. The lowest BCUT2D eigenvalue weighted by Crippen LogP contribution is -2.29. The zero-order valence-electron chi connectivity index (χ0n) is 20.9. The van der Waals surface area contributed by atoms with Crippen LogP contribution in [0.3, 0.4) is 0 Å². The molecule has 11 heteroatoms. The minimum atomic E-state index is -0.795. The predicted molar refractivity (Wildman–Crippen MR) is 146 cm³/mol. The van der Waals surface area contributed by atoms with Crippen molar-refractivity contribution < 1.29 is 18.3 Å². The Labute approximate surface area is 234 Å². The van der Waals surface area contributed by atoms with Gasteiger partial charge >= 0.3 is 0 Å². The molecule has 39 heavy (non-hydrogen) atoms. The van der Waals surface area contributed by atoms with Crippen LogP contribution in [-0.2, 0) is 0 Å². The smallest absolute Gasteiger partial charge is 0.256 e. The molecule has 1 saturated heterocycles. The van der Waals surface area contributed by atoms with Gasteiger partial charge in [-0.25, -0.2) is 13.8 Å². The van der Waals surface area contributed by atoms with Crippen LogP contribution in [0.15, 0.2) is 61.1 Å². The van der Waals surface area contributed by atoms with Crippen molar-refractivity contribution in [2.75, 3.05) is 18.4 Å². The number of hydrogen-bond donors (Lipinski definition) is 2. The maximum Gasteiger partial charge on any atom is 0.256 e. The Hall–Kier alpha value is -3.53. The summed E-state index contributed by atoms with van der Waals surface area (Å²) < 4.78 is 35.7. The van der Waals surface area contributed by atoms with E-state index in [0.717, 1.165) is 31.5 Å². The van der Waals surface area contributed by atoms with E-state index in [2.05, 4.69) is 20.7 Å². The zero-order chi connectivity index (χ0) is 27.5. The number of rotatable bonds is 7. The number of nitrogens with one attached hydrogen (secondary N) is 2. The lowest BCUT2D eigenvalue weighted by molar-refractivity contribution is 0.102. The summed E-state index contributed by atoms with van der Waals surface area (Å²) in [5, 5.41) is 10.7. The number of aromatic nitrogens is 3. The van der Waals surface area contributed by atoms with E-state index in [1.54, 1.807) is 25.4 Å². The molecule has 0 radical (unpaired) electrons. The molecule has 1 fully saturated rings. The third-order valence-corrected chi connectivity index (χ3v) is 7.31. The fraction of sp³-hybridized carbons (Fsp3) is 0.250. The molecule has 0 bridgehead atoms. The standard InChI is InChI=1S/C28H25Cl2F2N5O2/c1-16(25-22(29)6-7-23(32)26(25)30)39-24-12-18(19-14-35-37(15-19)21-8-10-33-11-9-21)13-34-27(24)36-28(38)17-2-4-20(31)5-3-17/h2-7,12-16,21,33H,8-11H2,1H3,(H,34,36,38). The van der Waals surface area contributed by atoms with Gasteiger partial charge in [-0.1, -0.05) is 23.2 Å². The van der Waals surface area contributed by atoms with Crippen molar-refractivity contribution in [3.8, 4) is 16.9 Å². The molecule has 4 aromatic rings. The van der Waals surface area contributed by atoms with Crippen molar-refractivity contribution in [3.05, 3.63) is 93.9 Å². The molecule has 2 aromatic heterocycles. The minimum Gasteiger partial charge on any atom is -0.482 e. The highest BCUT2D eigenvalue weighted by Gasteiger charge is 2.22. The zero-order valence-corrected chi connectivity index (χ0v) is 22.4. The molecule has 5 rings (SSSR count). The Morgan fingerprint density at radius 3 is 2.59 bits per heavy atom. The Balaban J connectivity index is 1.48. The normalized spacial score (nSPS) is 14.7. The molecule has 7 nitrogen and oxygen atoms in total. The van der Waals surface area contributed by atoms with Crippen LogP contribution < -0.4 is 15.4 Å². The van der Waals surface area contributed by atoms with E-state index in [1.165, 1.54) is 36.4 Å². The number of carbonyl (C=O) groups excluding carboxylic acids is 1. The second-order valence-electron chi connectivity index (χ2n) is 9.24. The van der Waals surface area contributed by atoms with Gasteiger partial charge in [0.25, 0.3) is 5.91 Å². The Morgan fingerprint density at radius 1 is 1.10 bits per heavy atom.